The first-order valence-corrected chi connectivity index (χ1v) is 6.64. The number of hydrazine groups is 1. The number of likely N-dealkylation sites (N-methyl/N-ethyl adjacent to an activating group) is 1. The lowest BCUT2D eigenvalue weighted by molar-refractivity contribution is 0.0937. The minimum atomic E-state index is -0.123. The summed E-state index contributed by atoms with van der Waals surface area (Å²) in [6.07, 6.45) is 3.02. The standard InChI is InChI=1S/C13H16BrN3O/c1-17-8-6-12(7-9-17)15-16-13(18)10-2-4-11(14)5-3-10/h2-6,15H,7-9H2,1H3,(H,16,18). The molecule has 1 aliphatic rings. The van der Waals surface area contributed by atoms with Crippen molar-refractivity contribution in [1.29, 1.82) is 0 Å². The first-order valence-electron chi connectivity index (χ1n) is 5.84. The molecule has 1 heterocycles. The van der Waals surface area contributed by atoms with Crippen LogP contribution < -0.4 is 10.9 Å². The molecule has 18 heavy (non-hydrogen) atoms. The SMILES string of the molecule is CN1CC=C(NNC(=O)c2ccc(Br)cc2)CC1. The van der Waals surface area contributed by atoms with E-state index in [1.165, 1.54) is 0 Å². The molecule has 0 aliphatic carbocycles. The van der Waals surface area contributed by atoms with E-state index in [1.807, 2.05) is 12.1 Å². The van der Waals surface area contributed by atoms with Gasteiger partial charge in [-0.1, -0.05) is 15.9 Å². The fourth-order valence-electron chi connectivity index (χ4n) is 1.69. The lowest BCUT2D eigenvalue weighted by atomic mass is 10.2. The predicted octanol–water partition coefficient (Wildman–Crippen LogP) is 1.90. The smallest absolute Gasteiger partial charge is 0.269 e. The lowest BCUT2D eigenvalue weighted by Gasteiger charge is -2.22. The van der Waals surface area contributed by atoms with E-state index in [-0.39, 0.29) is 5.91 Å². The van der Waals surface area contributed by atoms with E-state index in [0.29, 0.717) is 5.56 Å². The highest BCUT2D eigenvalue weighted by Crippen LogP contribution is 2.10. The van der Waals surface area contributed by atoms with Crippen molar-refractivity contribution in [3.8, 4) is 0 Å². The molecule has 0 saturated heterocycles. The van der Waals surface area contributed by atoms with Gasteiger partial charge in [-0.2, -0.15) is 0 Å². The normalized spacial score (nSPS) is 16.0. The zero-order valence-electron chi connectivity index (χ0n) is 10.2. The lowest BCUT2D eigenvalue weighted by Crippen LogP contribution is -2.39. The Kier molecular flexibility index (Phi) is 4.38. The Morgan fingerprint density at radius 2 is 2.06 bits per heavy atom. The van der Waals surface area contributed by atoms with Gasteiger partial charge in [0.1, 0.15) is 0 Å². The Bertz CT molecular complexity index is 456. The Morgan fingerprint density at radius 3 is 2.67 bits per heavy atom. The molecule has 0 bridgehead atoms. The number of carbonyl (C=O) groups excluding carboxylic acids is 1. The molecule has 0 saturated carbocycles. The monoisotopic (exact) mass is 309 g/mol. The molecule has 0 atom stereocenters. The van der Waals surface area contributed by atoms with E-state index in [0.717, 1.165) is 29.7 Å². The summed E-state index contributed by atoms with van der Waals surface area (Å²) in [5.74, 6) is -0.123. The molecular formula is C13H16BrN3O. The summed E-state index contributed by atoms with van der Waals surface area (Å²) in [4.78, 5) is 14.1. The minimum Gasteiger partial charge on any atom is -0.303 e. The summed E-state index contributed by atoms with van der Waals surface area (Å²) in [5.41, 5.74) is 7.40. The van der Waals surface area contributed by atoms with Crippen molar-refractivity contribution in [2.45, 2.75) is 6.42 Å². The third kappa shape index (κ3) is 3.58. The van der Waals surface area contributed by atoms with Gasteiger partial charge in [0.05, 0.1) is 0 Å². The van der Waals surface area contributed by atoms with Gasteiger partial charge in [0.2, 0.25) is 0 Å². The van der Waals surface area contributed by atoms with Gasteiger partial charge in [0.25, 0.3) is 5.91 Å². The van der Waals surface area contributed by atoms with Crippen LogP contribution in [0.15, 0.2) is 40.5 Å². The second-order valence-electron chi connectivity index (χ2n) is 4.33. The van der Waals surface area contributed by atoms with Crippen LogP contribution in [0.1, 0.15) is 16.8 Å². The second-order valence-corrected chi connectivity index (χ2v) is 5.24. The van der Waals surface area contributed by atoms with Gasteiger partial charge in [0, 0.05) is 35.2 Å². The number of nitrogens with zero attached hydrogens (tertiary/aromatic N) is 1. The molecule has 1 aliphatic heterocycles. The van der Waals surface area contributed by atoms with Crippen LogP contribution in [0.2, 0.25) is 0 Å². The number of hydrogen-bond acceptors (Lipinski definition) is 3. The van der Waals surface area contributed by atoms with Gasteiger partial charge in [-0.15, -0.1) is 0 Å². The second kappa shape index (κ2) is 6.02. The van der Waals surface area contributed by atoms with Crippen LogP contribution in [0.4, 0.5) is 0 Å². The molecule has 1 amide bonds. The predicted molar refractivity (Wildman–Crippen MR) is 74.9 cm³/mol. The quantitative estimate of drug-likeness (QED) is 0.838. The van der Waals surface area contributed by atoms with Crippen LogP contribution in [0, 0.1) is 0 Å². The highest BCUT2D eigenvalue weighted by molar-refractivity contribution is 9.10. The van der Waals surface area contributed by atoms with Crippen molar-refractivity contribution in [1.82, 2.24) is 15.8 Å². The number of hydrogen-bond donors (Lipinski definition) is 2. The van der Waals surface area contributed by atoms with Crippen LogP contribution in [0.25, 0.3) is 0 Å². The number of rotatable bonds is 3. The Hall–Kier alpha value is -1.33. The largest absolute Gasteiger partial charge is 0.303 e. The van der Waals surface area contributed by atoms with Gasteiger partial charge in [-0.05, 0) is 37.4 Å². The average molecular weight is 310 g/mol. The number of benzene rings is 1. The molecule has 96 valence electrons. The number of carbonyl (C=O) groups is 1. The van der Waals surface area contributed by atoms with Gasteiger partial charge in [-0.3, -0.25) is 10.2 Å². The maximum atomic E-state index is 11.8. The third-order valence-corrected chi connectivity index (χ3v) is 3.38. The van der Waals surface area contributed by atoms with E-state index in [9.17, 15) is 4.79 Å². The van der Waals surface area contributed by atoms with E-state index in [4.69, 9.17) is 0 Å². The Morgan fingerprint density at radius 1 is 1.33 bits per heavy atom. The molecule has 0 fully saturated rings. The van der Waals surface area contributed by atoms with Gasteiger partial charge in [-0.25, -0.2) is 0 Å². The summed E-state index contributed by atoms with van der Waals surface area (Å²) >= 11 is 3.34. The van der Waals surface area contributed by atoms with Gasteiger partial charge < -0.3 is 10.3 Å². The summed E-state index contributed by atoms with van der Waals surface area (Å²) < 4.78 is 0.963. The fourth-order valence-corrected chi connectivity index (χ4v) is 1.96. The minimum absolute atomic E-state index is 0.123. The molecule has 0 unspecified atom stereocenters. The van der Waals surface area contributed by atoms with Crippen molar-refractivity contribution < 1.29 is 4.79 Å². The molecule has 0 spiro atoms. The number of nitrogens with one attached hydrogen (secondary N) is 2. The molecule has 1 aromatic rings. The van der Waals surface area contributed by atoms with Crippen LogP contribution in [-0.4, -0.2) is 30.9 Å². The zero-order chi connectivity index (χ0) is 13.0. The van der Waals surface area contributed by atoms with Crippen molar-refractivity contribution in [3.05, 3.63) is 46.1 Å². The van der Waals surface area contributed by atoms with Crippen molar-refractivity contribution in [2.75, 3.05) is 20.1 Å². The highest BCUT2D eigenvalue weighted by Gasteiger charge is 2.09. The Balaban J connectivity index is 1.87. The Labute approximate surface area is 115 Å². The molecule has 4 nitrogen and oxygen atoms in total. The van der Waals surface area contributed by atoms with Crippen molar-refractivity contribution in [3.63, 3.8) is 0 Å². The first kappa shape index (κ1) is 13.1. The fraction of sp³-hybridized carbons (Fsp3) is 0.308. The molecule has 2 rings (SSSR count). The van der Waals surface area contributed by atoms with E-state index in [2.05, 4.69) is 44.8 Å². The van der Waals surface area contributed by atoms with Crippen LogP contribution in [0.5, 0.6) is 0 Å². The summed E-state index contributed by atoms with van der Waals surface area (Å²) in [5, 5.41) is 0. The van der Waals surface area contributed by atoms with Gasteiger partial charge in [0.15, 0.2) is 0 Å². The highest BCUT2D eigenvalue weighted by atomic mass is 79.9. The van der Waals surface area contributed by atoms with Crippen LogP contribution in [-0.2, 0) is 0 Å². The van der Waals surface area contributed by atoms with E-state index < -0.39 is 0 Å². The van der Waals surface area contributed by atoms with Crippen molar-refractivity contribution in [2.24, 2.45) is 0 Å². The van der Waals surface area contributed by atoms with E-state index in [1.54, 1.807) is 12.1 Å². The van der Waals surface area contributed by atoms with Gasteiger partial charge >= 0.3 is 0 Å². The van der Waals surface area contributed by atoms with E-state index >= 15 is 0 Å². The molecule has 2 N–H and O–H groups in total. The van der Waals surface area contributed by atoms with Crippen LogP contribution >= 0.6 is 15.9 Å². The summed E-state index contributed by atoms with van der Waals surface area (Å²) in [7, 11) is 2.08. The molecule has 0 radical (unpaired) electrons. The maximum absolute atomic E-state index is 11.8. The molecule has 5 heteroatoms. The zero-order valence-corrected chi connectivity index (χ0v) is 11.8. The van der Waals surface area contributed by atoms with Crippen LogP contribution in [0.3, 0.4) is 0 Å². The topological polar surface area (TPSA) is 44.4 Å². The molecule has 1 aromatic carbocycles. The first-order chi connectivity index (χ1) is 8.65. The van der Waals surface area contributed by atoms with Crippen molar-refractivity contribution >= 4 is 21.8 Å². The summed E-state index contributed by atoms with van der Waals surface area (Å²) in [6.45, 7) is 1.92. The summed E-state index contributed by atoms with van der Waals surface area (Å²) in [6, 6.07) is 7.27. The number of amides is 1. The maximum Gasteiger partial charge on any atom is 0.269 e. The molecular weight excluding hydrogens is 294 g/mol. The number of halogens is 1. The molecule has 0 aromatic heterocycles. The average Bonchev–Trinajstić information content (AvgIpc) is 2.38. The third-order valence-electron chi connectivity index (χ3n) is 2.86.